The van der Waals surface area contributed by atoms with Crippen LogP contribution in [0.2, 0.25) is 0 Å². The Kier molecular flexibility index (Phi) is 26.8. The molecule has 3 rings (SSSR count). The van der Waals surface area contributed by atoms with Crippen molar-refractivity contribution in [2.24, 2.45) is 23.1 Å². The average molecular weight is 1150 g/mol. The Hall–Kier alpha value is -9.22. The molecule has 82 heavy (non-hydrogen) atoms. The molecule has 446 valence electrons. The summed E-state index contributed by atoms with van der Waals surface area (Å²) in [6.07, 6.45) is -5.59. The Morgan fingerprint density at radius 1 is 0.451 bits per heavy atom. The zero-order valence-corrected chi connectivity index (χ0v) is 45.4. The fourth-order valence-electron chi connectivity index (χ4n) is 7.87. The highest BCUT2D eigenvalue weighted by Crippen LogP contribution is 2.15. The van der Waals surface area contributed by atoms with Crippen LogP contribution in [-0.4, -0.2) is 170 Å². The van der Waals surface area contributed by atoms with Gasteiger partial charge in [-0.3, -0.25) is 52.7 Å². The van der Waals surface area contributed by atoms with Gasteiger partial charge >= 0.3 is 5.97 Å². The van der Waals surface area contributed by atoms with E-state index in [0.717, 1.165) is 13.8 Å². The fourth-order valence-corrected chi connectivity index (χ4v) is 7.87. The number of hydrogen-bond acceptors (Lipinski definition) is 17. The number of aliphatic carboxylic acids is 1. The molecule has 0 unspecified atom stereocenters. The first-order valence-electron chi connectivity index (χ1n) is 25.8. The van der Waals surface area contributed by atoms with Crippen molar-refractivity contribution in [3.63, 3.8) is 0 Å². The summed E-state index contributed by atoms with van der Waals surface area (Å²) < 4.78 is 0. The van der Waals surface area contributed by atoms with Crippen LogP contribution in [0, 0.1) is 5.92 Å². The quantitative estimate of drug-likeness (QED) is 0.0271. The number of nitrogens with two attached hydrogens (primary N) is 3. The monoisotopic (exact) mass is 1150 g/mol. The van der Waals surface area contributed by atoms with Crippen molar-refractivity contribution in [3.8, 4) is 11.5 Å². The van der Waals surface area contributed by atoms with Crippen LogP contribution in [-0.2, 0) is 76.8 Å². The number of amides is 11. The van der Waals surface area contributed by atoms with E-state index < -0.39 is 163 Å². The summed E-state index contributed by atoms with van der Waals surface area (Å²) in [5.74, 6) is -14.0. The molecule has 11 atom stereocenters. The SMILES string of the molecule is CC[C@H](C)[C@H](NC(=O)CNC(=O)[C@H](Cc1ccc(O)cc1)NC(=O)[C@H](CC(N)=O)NC(=O)[C@@H](NC(=O)[C@H](Cc1ccccc1)NC(=O)[C@@H](NC(=O)[C@H](Cc1ccc(O)cc1)NC(=O)CN)[C@@H](C)O)[C@@H](C)O)C(=O)N[C@@H](CC(N)=O)C(=O)O. The summed E-state index contributed by atoms with van der Waals surface area (Å²) in [5.41, 5.74) is 17.3. The van der Waals surface area contributed by atoms with Gasteiger partial charge in [0, 0.05) is 19.3 Å². The van der Waals surface area contributed by atoms with Gasteiger partial charge in [-0.05, 0) is 60.7 Å². The molecule has 0 bridgehead atoms. The van der Waals surface area contributed by atoms with E-state index >= 15 is 0 Å². The molecule has 0 aliphatic carbocycles. The second-order valence-electron chi connectivity index (χ2n) is 19.3. The number of aliphatic hydroxyl groups excluding tert-OH is 2. The van der Waals surface area contributed by atoms with Crippen LogP contribution in [0.4, 0.5) is 0 Å². The molecule has 29 nitrogen and oxygen atoms in total. The second kappa shape index (κ2) is 32.8. The van der Waals surface area contributed by atoms with Crippen LogP contribution in [0.25, 0.3) is 0 Å². The van der Waals surface area contributed by atoms with Gasteiger partial charge in [0.05, 0.1) is 38.1 Å². The minimum atomic E-state index is -1.96. The predicted molar refractivity (Wildman–Crippen MR) is 289 cm³/mol. The molecule has 0 aliphatic heterocycles. The molecule has 3 aromatic rings. The number of carboxylic acid groups (broad SMARTS) is 1. The summed E-state index contributed by atoms with van der Waals surface area (Å²) in [4.78, 5) is 158. The lowest BCUT2D eigenvalue weighted by Gasteiger charge is -2.29. The highest BCUT2D eigenvalue weighted by molar-refractivity contribution is 5.99. The topological polar surface area (TPSA) is 492 Å². The third-order valence-electron chi connectivity index (χ3n) is 12.6. The number of carbonyl (C=O) groups excluding carboxylic acids is 11. The molecule has 0 radical (unpaired) electrons. The Morgan fingerprint density at radius 2 is 0.829 bits per heavy atom. The lowest BCUT2D eigenvalue weighted by molar-refractivity contribution is -0.144. The minimum absolute atomic E-state index is 0.0755. The number of aliphatic hydroxyl groups is 2. The highest BCUT2D eigenvalue weighted by Gasteiger charge is 2.37. The van der Waals surface area contributed by atoms with E-state index in [1.165, 1.54) is 48.5 Å². The molecular weight excluding hydrogens is 1080 g/mol. The van der Waals surface area contributed by atoms with Gasteiger partial charge < -0.3 is 90.6 Å². The zero-order chi connectivity index (χ0) is 61.4. The van der Waals surface area contributed by atoms with E-state index in [4.69, 9.17) is 17.2 Å². The number of phenolic OH excluding ortho intramolecular Hbond substituents is 2. The normalized spacial score (nSPS) is 15.0. The number of aromatic hydroxyl groups is 2. The Labute approximate surface area is 470 Å². The number of benzene rings is 3. The molecule has 3 aromatic carbocycles. The smallest absolute Gasteiger partial charge is 0.326 e. The van der Waals surface area contributed by atoms with E-state index in [1.807, 2.05) is 0 Å². The van der Waals surface area contributed by atoms with Crippen molar-refractivity contribution in [1.29, 1.82) is 0 Å². The standard InChI is InChI=1S/C53H72N12O17/c1-5-26(2)43(50(78)62-38(53(81)82)23-40(56)71)63-42(73)25-57-46(74)34(20-30-11-15-32(68)16-12-30)59-47(75)37(22-39(55)70)61-52(80)45(28(4)67)65-49(77)36(19-29-9-7-6-8-10-29)60-51(79)44(27(3)66)64-48(76)35(58-41(72)24-54)21-31-13-17-33(69)18-14-31/h6-18,26-28,34-38,43-45,66-69H,5,19-25,54H2,1-4H3,(H2,55,70)(H2,56,71)(H,57,74)(H,58,72)(H,59,75)(H,60,79)(H,61,80)(H,62,78)(H,63,73)(H,64,76)(H,65,77)(H,81,82)/t26-,27+,28+,34-,35-,36-,37-,38-,43-,44-,45-/m0/s1. The van der Waals surface area contributed by atoms with Crippen LogP contribution in [0.1, 0.15) is 63.6 Å². The molecule has 0 spiro atoms. The summed E-state index contributed by atoms with van der Waals surface area (Å²) >= 11 is 0. The molecule has 0 heterocycles. The molecular formula is C53H72N12O17. The third kappa shape index (κ3) is 22.5. The van der Waals surface area contributed by atoms with Crippen molar-refractivity contribution in [2.75, 3.05) is 13.1 Å². The summed E-state index contributed by atoms with van der Waals surface area (Å²) in [6, 6.07) is 5.65. The van der Waals surface area contributed by atoms with E-state index in [-0.39, 0.29) is 30.8 Å². The van der Waals surface area contributed by atoms with Crippen molar-refractivity contribution >= 4 is 70.9 Å². The lowest BCUT2D eigenvalue weighted by atomic mass is 9.97. The molecule has 0 aliphatic rings. The molecule has 20 N–H and O–H groups in total. The Bertz CT molecular complexity index is 2730. The van der Waals surface area contributed by atoms with E-state index in [1.54, 1.807) is 44.2 Å². The lowest BCUT2D eigenvalue weighted by Crippen LogP contribution is -2.63. The summed E-state index contributed by atoms with van der Waals surface area (Å²) in [5, 5.41) is 71.9. The van der Waals surface area contributed by atoms with Crippen LogP contribution in [0.5, 0.6) is 11.5 Å². The highest BCUT2D eigenvalue weighted by atomic mass is 16.4. The van der Waals surface area contributed by atoms with Gasteiger partial charge in [0.25, 0.3) is 0 Å². The fraction of sp³-hybridized carbons (Fsp3) is 0.434. The molecule has 29 heteroatoms. The van der Waals surface area contributed by atoms with Crippen LogP contribution in [0.15, 0.2) is 78.9 Å². The molecule has 0 fully saturated rings. The first kappa shape index (κ1) is 67.1. The number of primary amides is 2. The summed E-state index contributed by atoms with van der Waals surface area (Å²) in [6.45, 7) is 4.13. The number of carbonyl (C=O) groups is 12. The Morgan fingerprint density at radius 3 is 1.26 bits per heavy atom. The maximum absolute atomic E-state index is 14.2. The van der Waals surface area contributed by atoms with E-state index in [2.05, 4.69) is 47.9 Å². The van der Waals surface area contributed by atoms with Crippen LogP contribution >= 0.6 is 0 Å². The van der Waals surface area contributed by atoms with Crippen molar-refractivity contribution in [1.82, 2.24) is 47.9 Å². The predicted octanol–water partition coefficient (Wildman–Crippen LogP) is -5.28. The van der Waals surface area contributed by atoms with E-state index in [9.17, 15) is 83.1 Å². The maximum atomic E-state index is 14.2. The van der Waals surface area contributed by atoms with Crippen molar-refractivity contribution in [3.05, 3.63) is 95.6 Å². The summed E-state index contributed by atoms with van der Waals surface area (Å²) in [7, 11) is 0. The first-order chi connectivity index (χ1) is 38.6. The van der Waals surface area contributed by atoms with Gasteiger partial charge in [-0.2, -0.15) is 0 Å². The van der Waals surface area contributed by atoms with E-state index in [0.29, 0.717) is 23.1 Å². The van der Waals surface area contributed by atoms with Crippen molar-refractivity contribution in [2.45, 2.75) is 127 Å². The van der Waals surface area contributed by atoms with Gasteiger partial charge in [-0.15, -0.1) is 0 Å². The molecule has 0 saturated heterocycles. The first-order valence-corrected chi connectivity index (χ1v) is 25.8. The van der Waals surface area contributed by atoms with Crippen molar-refractivity contribution < 1.29 is 83.1 Å². The zero-order valence-electron chi connectivity index (χ0n) is 45.4. The average Bonchev–Trinajstić information content (AvgIpc) is 3.41. The number of carboxylic acids is 1. The number of phenols is 2. The van der Waals surface area contributed by atoms with Gasteiger partial charge in [-0.1, -0.05) is 74.9 Å². The number of nitrogens with one attached hydrogen (secondary N) is 9. The van der Waals surface area contributed by atoms with Crippen LogP contribution in [0.3, 0.4) is 0 Å². The second-order valence-corrected chi connectivity index (χ2v) is 19.3. The van der Waals surface area contributed by atoms with Gasteiger partial charge in [0.2, 0.25) is 65.0 Å². The number of hydrogen-bond donors (Lipinski definition) is 17. The van der Waals surface area contributed by atoms with Gasteiger partial charge in [-0.25, -0.2) is 4.79 Å². The molecule has 0 aromatic heterocycles. The third-order valence-corrected chi connectivity index (χ3v) is 12.6. The minimum Gasteiger partial charge on any atom is -0.508 e. The molecule has 11 amide bonds. The van der Waals surface area contributed by atoms with Gasteiger partial charge in [0.1, 0.15) is 59.8 Å². The van der Waals surface area contributed by atoms with Gasteiger partial charge in [0.15, 0.2) is 0 Å². The largest absolute Gasteiger partial charge is 0.508 e. The molecule has 0 saturated carbocycles. The van der Waals surface area contributed by atoms with Crippen LogP contribution < -0.4 is 65.1 Å². The number of rotatable bonds is 33. The Balaban J connectivity index is 1.88. The maximum Gasteiger partial charge on any atom is 0.326 e.